The van der Waals surface area contributed by atoms with Gasteiger partial charge < -0.3 is 10.3 Å². The predicted molar refractivity (Wildman–Crippen MR) is 122 cm³/mol. The number of benzene rings is 2. The highest BCUT2D eigenvalue weighted by Gasteiger charge is 2.14. The first-order valence-electron chi connectivity index (χ1n) is 9.75. The molecule has 0 saturated heterocycles. The lowest BCUT2D eigenvalue weighted by Gasteiger charge is -2.04. The first-order valence-corrected chi connectivity index (χ1v) is 10.7. The molecular weight excluding hydrogens is 392 g/mol. The molecule has 2 N–H and O–H groups in total. The number of nitrogens with zero attached hydrogens (tertiary/aromatic N) is 2. The summed E-state index contributed by atoms with van der Waals surface area (Å²) in [5.74, 6) is 1.15. The maximum Gasteiger partial charge on any atom is 0.226 e. The molecule has 0 unspecified atom stereocenters. The predicted octanol–water partition coefficient (Wildman–Crippen LogP) is 5.57. The van der Waals surface area contributed by atoms with E-state index >= 15 is 0 Å². The van der Waals surface area contributed by atoms with E-state index in [-0.39, 0.29) is 5.91 Å². The molecule has 0 fully saturated rings. The summed E-state index contributed by atoms with van der Waals surface area (Å²) in [5.41, 5.74) is 5.10. The van der Waals surface area contributed by atoms with Gasteiger partial charge in [0, 0.05) is 29.5 Å². The second kappa shape index (κ2) is 9.41. The smallest absolute Gasteiger partial charge is 0.226 e. The third kappa shape index (κ3) is 4.96. The summed E-state index contributed by atoms with van der Waals surface area (Å²) in [5, 5.41) is 3.64. The number of rotatable bonds is 7. The average molecular weight is 415 g/mol. The van der Waals surface area contributed by atoms with E-state index in [1.54, 1.807) is 6.20 Å². The minimum absolute atomic E-state index is 0.0567. The Kier molecular flexibility index (Phi) is 6.25. The number of carbonyl (C=O) groups excluding carboxylic acids is 1. The quantitative estimate of drug-likeness (QED) is 0.388. The summed E-state index contributed by atoms with van der Waals surface area (Å²) in [6.45, 7) is 1.97. The molecule has 2 heterocycles. The van der Waals surface area contributed by atoms with Gasteiger partial charge in [-0.3, -0.25) is 4.79 Å². The number of aromatic amines is 1. The average Bonchev–Trinajstić information content (AvgIpc) is 3.19. The van der Waals surface area contributed by atoms with Gasteiger partial charge in [0.1, 0.15) is 5.82 Å². The molecular formula is C24H22N4OS. The number of amides is 1. The summed E-state index contributed by atoms with van der Waals surface area (Å²) in [6, 6.07) is 24.0. The number of hydrogen-bond donors (Lipinski definition) is 2. The lowest BCUT2D eigenvalue weighted by Crippen LogP contribution is -2.13. The summed E-state index contributed by atoms with van der Waals surface area (Å²) >= 11 is 1.54. The summed E-state index contributed by atoms with van der Waals surface area (Å²) in [6.07, 6.45) is 2.07. The van der Waals surface area contributed by atoms with Gasteiger partial charge in [0.15, 0.2) is 5.16 Å². The molecule has 0 aliphatic heterocycles. The van der Waals surface area contributed by atoms with Gasteiger partial charge >= 0.3 is 0 Å². The molecule has 0 aliphatic carbocycles. The number of hydrogen-bond acceptors (Lipinski definition) is 4. The molecule has 4 rings (SSSR count). The highest BCUT2D eigenvalue weighted by molar-refractivity contribution is 7.99. The molecule has 1 amide bonds. The van der Waals surface area contributed by atoms with Crippen LogP contribution in [0.2, 0.25) is 0 Å². The number of carbonyl (C=O) groups is 1. The second-order valence-corrected chi connectivity index (χ2v) is 7.95. The van der Waals surface area contributed by atoms with E-state index in [0.29, 0.717) is 18.0 Å². The number of anilines is 1. The summed E-state index contributed by atoms with van der Waals surface area (Å²) in [7, 11) is 0. The number of aryl methyl sites for hydroxylation is 1. The highest BCUT2D eigenvalue weighted by Crippen LogP contribution is 2.32. The van der Waals surface area contributed by atoms with E-state index in [9.17, 15) is 4.79 Å². The number of nitrogens with one attached hydrogen (secondary N) is 2. The number of pyridine rings is 1. The zero-order valence-electron chi connectivity index (χ0n) is 16.6. The van der Waals surface area contributed by atoms with Crippen molar-refractivity contribution in [3.8, 4) is 22.5 Å². The third-order valence-electron chi connectivity index (χ3n) is 4.54. The lowest BCUT2D eigenvalue weighted by molar-refractivity contribution is -0.115. The van der Waals surface area contributed by atoms with Gasteiger partial charge in [-0.1, -0.05) is 72.4 Å². The Hall–Kier alpha value is -3.38. The molecule has 0 bridgehead atoms. The van der Waals surface area contributed by atoms with Crippen LogP contribution in [0.5, 0.6) is 0 Å². The Bertz CT molecular complexity index is 1070. The molecule has 0 spiro atoms. The second-order valence-electron chi connectivity index (χ2n) is 6.86. The van der Waals surface area contributed by atoms with Crippen molar-refractivity contribution in [1.82, 2.24) is 15.0 Å². The molecule has 2 aromatic carbocycles. The van der Waals surface area contributed by atoms with Crippen molar-refractivity contribution >= 4 is 23.5 Å². The molecule has 6 heteroatoms. The fourth-order valence-corrected chi connectivity index (χ4v) is 3.90. The molecule has 4 aromatic rings. The van der Waals surface area contributed by atoms with Crippen molar-refractivity contribution in [2.24, 2.45) is 0 Å². The van der Waals surface area contributed by atoms with E-state index < -0.39 is 0 Å². The highest BCUT2D eigenvalue weighted by atomic mass is 32.2. The fraction of sp³-hybridized carbons (Fsp3) is 0.125. The number of imidazole rings is 1. The van der Waals surface area contributed by atoms with Crippen LogP contribution in [0.15, 0.2) is 84.1 Å². The zero-order valence-corrected chi connectivity index (χ0v) is 17.4. The van der Waals surface area contributed by atoms with Crippen molar-refractivity contribution in [3.05, 3.63) is 84.6 Å². The molecule has 5 nitrogen and oxygen atoms in total. The van der Waals surface area contributed by atoms with E-state index in [2.05, 4.69) is 39.6 Å². The van der Waals surface area contributed by atoms with Crippen molar-refractivity contribution in [1.29, 1.82) is 0 Å². The fourth-order valence-electron chi connectivity index (χ4n) is 3.09. The molecule has 0 atom stereocenters. The SMILES string of the molecule is Cc1ccnc(NC(=O)CCSc2nc(-c3ccccc3)c(-c3ccccc3)[nH]2)c1. The van der Waals surface area contributed by atoms with Crippen molar-refractivity contribution < 1.29 is 4.79 Å². The molecule has 0 aliphatic rings. The van der Waals surface area contributed by atoms with Crippen molar-refractivity contribution in [2.45, 2.75) is 18.5 Å². The lowest BCUT2D eigenvalue weighted by atomic mass is 10.1. The first kappa shape index (κ1) is 19.9. The number of thioether (sulfide) groups is 1. The van der Waals surface area contributed by atoms with Crippen molar-refractivity contribution in [3.63, 3.8) is 0 Å². The van der Waals surface area contributed by atoms with Crippen molar-refractivity contribution in [2.75, 3.05) is 11.1 Å². The maximum absolute atomic E-state index is 12.2. The van der Waals surface area contributed by atoms with Crippen LogP contribution in [0.4, 0.5) is 5.82 Å². The maximum atomic E-state index is 12.2. The molecule has 150 valence electrons. The normalized spacial score (nSPS) is 10.7. The van der Waals surface area contributed by atoms with Gasteiger partial charge in [-0.25, -0.2) is 9.97 Å². The number of H-pyrrole nitrogens is 1. The third-order valence-corrected chi connectivity index (χ3v) is 5.42. The van der Waals surface area contributed by atoms with Gasteiger partial charge in [-0.15, -0.1) is 0 Å². The van der Waals surface area contributed by atoms with Crippen LogP contribution in [0, 0.1) is 6.92 Å². The van der Waals surface area contributed by atoms with E-state index in [0.717, 1.165) is 33.2 Å². The Balaban J connectivity index is 1.45. The van der Waals surface area contributed by atoms with Crippen LogP contribution >= 0.6 is 11.8 Å². The first-order chi connectivity index (χ1) is 14.7. The number of aromatic nitrogens is 3. The Labute approximate surface area is 180 Å². The van der Waals surface area contributed by atoms with Crippen LogP contribution in [0.1, 0.15) is 12.0 Å². The zero-order chi connectivity index (χ0) is 20.8. The molecule has 2 aromatic heterocycles. The Morgan fingerprint density at radius 3 is 2.40 bits per heavy atom. The Morgan fingerprint density at radius 2 is 1.70 bits per heavy atom. The van der Waals surface area contributed by atoms with Gasteiger partial charge in [-0.2, -0.15) is 0 Å². The largest absolute Gasteiger partial charge is 0.332 e. The van der Waals surface area contributed by atoms with Gasteiger partial charge in [0.05, 0.1) is 11.4 Å². The van der Waals surface area contributed by atoms with Crippen LogP contribution in [-0.2, 0) is 4.79 Å². The van der Waals surface area contributed by atoms with Crippen LogP contribution in [0.3, 0.4) is 0 Å². The van der Waals surface area contributed by atoms with Gasteiger partial charge in [0.25, 0.3) is 0 Å². The molecule has 30 heavy (non-hydrogen) atoms. The minimum Gasteiger partial charge on any atom is -0.332 e. The van der Waals surface area contributed by atoms with Gasteiger partial charge in [0.2, 0.25) is 5.91 Å². The van der Waals surface area contributed by atoms with Crippen LogP contribution in [0.25, 0.3) is 22.5 Å². The standard InChI is InChI=1S/C24H22N4OS/c1-17-12-14-25-20(16-17)26-21(29)13-15-30-24-27-22(18-8-4-2-5-9-18)23(28-24)19-10-6-3-7-11-19/h2-12,14,16H,13,15H2,1H3,(H,27,28)(H,25,26,29). The van der Waals surface area contributed by atoms with Crippen LogP contribution < -0.4 is 5.32 Å². The monoisotopic (exact) mass is 414 g/mol. The summed E-state index contributed by atoms with van der Waals surface area (Å²) in [4.78, 5) is 24.7. The topological polar surface area (TPSA) is 70.7 Å². The van der Waals surface area contributed by atoms with E-state index in [1.807, 2.05) is 55.5 Å². The van der Waals surface area contributed by atoms with Crippen LogP contribution in [-0.4, -0.2) is 26.6 Å². The Morgan fingerprint density at radius 1 is 1.00 bits per heavy atom. The van der Waals surface area contributed by atoms with E-state index in [4.69, 9.17) is 4.98 Å². The van der Waals surface area contributed by atoms with Gasteiger partial charge in [-0.05, 0) is 24.6 Å². The van der Waals surface area contributed by atoms with E-state index in [1.165, 1.54) is 11.8 Å². The molecule has 0 radical (unpaired) electrons. The molecule has 0 saturated carbocycles. The summed E-state index contributed by atoms with van der Waals surface area (Å²) < 4.78 is 0. The minimum atomic E-state index is -0.0567.